The van der Waals surface area contributed by atoms with Crippen molar-refractivity contribution >= 4 is 0 Å². The van der Waals surface area contributed by atoms with E-state index in [1.54, 1.807) is 7.11 Å². The molecule has 2 atom stereocenters. The zero-order chi connectivity index (χ0) is 10.6. The molecule has 0 bridgehead atoms. The molecule has 3 nitrogen and oxygen atoms in total. The van der Waals surface area contributed by atoms with E-state index in [1.165, 1.54) is 0 Å². The highest BCUT2D eigenvalue weighted by Crippen LogP contribution is 2.40. The quantitative estimate of drug-likeness (QED) is 0.703. The molecule has 0 saturated heterocycles. The van der Waals surface area contributed by atoms with Crippen LogP contribution in [0.4, 0.5) is 0 Å². The Hall–Kier alpha value is -0.590. The molecule has 1 fully saturated rings. The van der Waals surface area contributed by atoms with Gasteiger partial charge in [0.15, 0.2) is 0 Å². The number of hydrogen-bond donors (Lipinski definition) is 1. The molecule has 3 heteroatoms. The van der Waals surface area contributed by atoms with Crippen LogP contribution in [0.3, 0.4) is 0 Å². The molecule has 80 valence electrons. The third-order valence-electron chi connectivity index (χ3n) is 2.96. The first-order valence-corrected chi connectivity index (χ1v) is 5.36. The number of nitriles is 1. The third kappa shape index (κ3) is 2.46. The minimum atomic E-state index is -0.440. The normalized spacial score (nSPS) is 22.4. The maximum absolute atomic E-state index is 9.27. The summed E-state index contributed by atoms with van der Waals surface area (Å²) in [6.45, 7) is 4.74. The lowest BCUT2D eigenvalue weighted by molar-refractivity contribution is 0.118. The fourth-order valence-electron chi connectivity index (χ4n) is 1.78. The Bertz CT molecular complexity index is 220. The molecular weight excluding hydrogens is 176 g/mol. The molecule has 0 heterocycles. The summed E-state index contributed by atoms with van der Waals surface area (Å²) in [6.07, 6.45) is 3.35. The maximum atomic E-state index is 9.27. The Kier molecular flexibility index (Phi) is 3.91. The highest BCUT2D eigenvalue weighted by atomic mass is 16.5. The molecule has 0 aliphatic heterocycles. The first-order valence-electron chi connectivity index (χ1n) is 5.36. The monoisotopic (exact) mass is 196 g/mol. The van der Waals surface area contributed by atoms with E-state index in [4.69, 9.17) is 4.74 Å². The molecule has 1 saturated carbocycles. The topological polar surface area (TPSA) is 45.0 Å². The summed E-state index contributed by atoms with van der Waals surface area (Å²) in [4.78, 5) is 0. The van der Waals surface area contributed by atoms with E-state index in [1.807, 2.05) is 0 Å². The minimum absolute atomic E-state index is 0.380. The summed E-state index contributed by atoms with van der Waals surface area (Å²) in [7, 11) is 1.66. The van der Waals surface area contributed by atoms with Gasteiger partial charge in [-0.2, -0.15) is 5.26 Å². The highest BCUT2D eigenvalue weighted by molar-refractivity contribution is 5.16. The van der Waals surface area contributed by atoms with Crippen LogP contribution in [-0.2, 0) is 4.74 Å². The van der Waals surface area contributed by atoms with E-state index in [-0.39, 0.29) is 0 Å². The van der Waals surface area contributed by atoms with Gasteiger partial charge in [-0.15, -0.1) is 0 Å². The van der Waals surface area contributed by atoms with Gasteiger partial charge in [0, 0.05) is 13.2 Å². The summed E-state index contributed by atoms with van der Waals surface area (Å²) in [5.74, 6) is 0.487. The summed E-state index contributed by atoms with van der Waals surface area (Å²) in [5.41, 5.74) is -0.440. The summed E-state index contributed by atoms with van der Waals surface area (Å²) in [6, 6.07) is 2.79. The number of nitrogens with one attached hydrogen (secondary N) is 1. The van der Waals surface area contributed by atoms with E-state index >= 15 is 0 Å². The zero-order valence-corrected chi connectivity index (χ0v) is 9.34. The van der Waals surface area contributed by atoms with Crippen molar-refractivity contribution in [3.05, 3.63) is 0 Å². The van der Waals surface area contributed by atoms with E-state index in [9.17, 15) is 5.26 Å². The van der Waals surface area contributed by atoms with Gasteiger partial charge in [0.2, 0.25) is 0 Å². The van der Waals surface area contributed by atoms with Crippen molar-refractivity contribution in [2.45, 2.75) is 44.7 Å². The fraction of sp³-hybridized carbons (Fsp3) is 0.909. The summed E-state index contributed by atoms with van der Waals surface area (Å²) < 4.78 is 5.16. The van der Waals surface area contributed by atoms with E-state index in [0.717, 1.165) is 19.3 Å². The van der Waals surface area contributed by atoms with Crippen LogP contribution in [-0.4, -0.2) is 25.3 Å². The molecule has 1 rings (SSSR count). The largest absolute Gasteiger partial charge is 0.382 e. The molecule has 1 N–H and O–H groups in total. The van der Waals surface area contributed by atoms with Crippen LogP contribution in [0.15, 0.2) is 0 Å². The lowest BCUT2D eigenvalue weighted by Gasteiger charge is -2.30. The van der Waals surface area contributed by atoms with Crippen LogP contribution in [0.1, 0.15) is 33.1 Å². The first-order chi connectivity index (χ1) is 6.68. The van der Waals surface area contributed by atoms with Gasteiger partial charge in [-0.25, -0.2) is 0 Å². The second kappa shape index (κ2) is 4.77. The second-order valence-corrected chi connectivity index (χ2v) is 4.24. The SMILES string of the molecule is CCC(C)NC(C#N)(COC)C1CC1. The van der Waals surface area contributed by atoms with Crippen molar-refractivity contribution < 1.29 is 4.74 Å². The Labute approximate surface area is 86.4 Å². The number of nitrogens with zero attached hydrogens (tertiary/aromatic N) is 1. The predicted molar refractivity (Wildman–Crippen MR) is 55.8 cm³/mol. The minimum Gasteiger partial charge on any atom is -0.382 e. The first kappa shape index (κ1) is 11.5. The standard InChI is InChI=1S/C11H20N2O/c1-4-9(2)13-11(7-12,8-14-3)10-5-6-10/h9-10,13H,4-6,8H2,1-3H3. The van der Waals surface area contributed by atoms with Crippen molar-refractivity contribution in [1.29, 1.82) is 5.26 Å². The Morgan fingerprint density at radius 3 is 2.64 bits per heavy atom. The molecule has 0 radical (unpaired) electrons. The van der Waals surface area contributed by atoms with Gasteiger partial charge in [0.1, 0.15) is 5.54 Å². The van der Waals surface area contributed by atoms with Gasteiger partial charge in [0.25, 0.3) is 0 Å². The van der Waals surface area contributed by atoms with Crippen LogP contribution in [0.25, 0.3) is 0 Å². The van der Waals surface area contributed by atoms with Gasteiger partial charge < -0.3 is 4.74 Å². The van der Waals surface area contributed by atoms with Crippen LogP contribution in [0.2, 0.25) is 0 Å². The smallest absolute Gasteiger partial charge is 0.133 e. The lowest BCUT2D eigenvalue weighted by atomic mass is 9.94. The fourth-order valence-corrected chi connectivity index (χ4v) is 1.78. The Morgan fingerprint density at radius 2 is 2.29 bits per heavy atom. The van der Waals surface area contributed by atoms with Gasteiger partial charge in [0.05, 0.1) is 12.7 Å². The van der Waals surface area contributed by atoms with Gasteiger partial charge in [-0.1, -0.05) is 6.92 Å². The van der Waals surface area contributed by atoms with E-state index < -0.39 is 5.54 Å². The Balaban J connectivity index is 2.63. The summed E-state index contributed by atoms with van der Waals surface area (Å²) in [5, 5.41) is 12.7. The van der Waals surface area contributed by atoms with Crippen molar-refractivity contribution in [3.8, 4) is 6.07 Å². The predicted octanol–water partition coefficient (Wildman–Crippen LogP) is 1.69. The number of rotatable bonds is 6. The van der Waals surface area contributed by atoms with Crippen molar-refractivity contribution in [1.82, 2.24) is 5.32 Å². The van der Waals surface area contributed by atoms with E-state index in [0.29, 0.717) is 18.6 Å². The number of hydrogen-bond acceptors (Lipinski definition) is 3. The average molecular weight is 196 g/mol. The maximum Gasteiger partial charge on any atom is 0.133 e. The van der Waals surface area contributed by atoms with Crippen LogP contribution < -0.4 is 5.32 Å². The molecule has 2 unspecified atom stereocenters. The molecule has 0 aromatic carbocycles. The lowest BCUT2D eigenvalue weighted by Crippen LogP contribution is -2.53. The number of ether oxygens (including phenoxy) is 1. The molecule has 0 amide bonds. The van der Waals surface area contributed by atoms with Crippen LogP contribution in [0, 0.1) is 17.2 Å². The van der Waals surface area contributed by atoms with Crippen LogP contribution in [0.5, 0.6) is 0 Å². The molecule has 1 aliphatic rings. The van der Waals surface area contributed by atoms with E-state index in [2.05, 4.69) is 25.2 Å². The van der Waals surface area contributed by atoms with Crippen molar-refractivity contribution in [2.24, 2.45) is 5.92 Å². The van der Waals surface area contributed by atoms with Crippen LogP contribution >= 0.6 is 0 Å². The zero-order valence-electron chi connectivity index (χ0n) is 9.34. The van der Waals surface area contributed by atoms with Gasteiger partial charge in [-0.3, -0.25) is 5.32 Å². The second-order valence-electron chi connectivity index (χ2n) is 4.24. The molecule has 0 spiro atoms. The molecule has 14 heavy (non-hydrogen) atoms. The van der Waals surface area contributed by atoms with Crippen molar-refractivity contribution in [2.75, 3.05) is 13.7 Å². The average Bonchev–Trinajstić information content (AvgIpc) is 3.00. The number of methoxy groups -OCH3 is 1. The summed E-state index contributed by atoms with van der Waals surface area (Å²) >= 11 is 0. The third-order valence-corrected chi connectivity index (χ3v) is 2.96. The Morgan fingerprint density at radius 1 is 1.64 bits per heavy atom. The molecule has 0 aromatic heterocycles. The van der Waals surface area contributed by atoms with Gasteiger partial charge >= 0.3 is 0 Å². The van der Waals surface area contributed by atoms with Gasteiger partial charge in [-0.05, 0) is 32.1 Å². The molecule has 0 aromatic rings. The molecular formula is C11H20N2O. The molecule has 1 aliphatic carbocycles. The van der Waals surface area contributed by atoms with Crippen molar-refractivity contribution in [3.63, 3.8) is 0 Å². The highest BCUT2D eigenvalue weighted by Gasteiger charge is 2.46.